The smallest absolute Gasteiger partial charge is 0.0642 e. The molecule has 0 aliphatic heterocycles. The molecular weight excluding hydrogens is 266 g/mol. The fourth-order valence-electron chi connectivity index (χ4n) is 1.20. The lowest BCUT2D eigenvalue weighted by Crippen LogP contribution is -2.19. The number of benzene rings is 1. The summed E-state index contributed by atoms with van der Waals surface area (Å²) in [5, 5.41) is 3.32. The Hall–Kier alpha value is -0.540. The Kier molecular flexibility index (Phi) is 5.85. The summed E-state index contributed by atoms with van der Waals surface area (Å²) in [6.45, 7) is 8.05. The molecule has 0 saturated carbocycles. The molecule has 0 aliphatic carbocycles. The molecule has 3 heteroatoms. The lowest BCUT2D eigenvalue weighted by Gasteiger charge is -2.16. The van der Waals surface area contributed by atoms with Gasteiger partial charge in [-0.2, -0.15) is 0 Å². The van der Waals surface area contributed by atoms with E-state index in [4.69, 9.17) is 4.74 Å². The second-order valence-electron chi connectivity index (χ2n) is 4.25. The summed E-state index contributed by atoms with van der Waals surface area (Å²) < 4.78 is 6.78. The highest BCUT2D eigenvalue weighted by molar-refractivity contribution is 9.10. The van der Waals surface area contributed by atoms with Crippen molar-refractivity contribution >= 4 is 21.6 Å². The van der Waals surface area contributed by atoms with Crippen molar-refractivity contribution in [1.82, 2.24) is 0 Å². The third-order valence-electron chi connectivity index (χ3n) is 2.59. The van der Waals surface area contributed by atoms with Gasteiger partial charge in [-0.25, -0.2) is 0 Å². The van der Waals surface area contributed by atoms with E-state index in [1.807, 2.05) is 12.1 Å². The van der Waals surface area contributed by atoms with E-state index < -0.39 is 0 Å². The van der Waals surface area contributed by atoms with E-state index >= 15 is 0 Å². The van der Waals surface area contributed by atoms with Crippen LogP contribution in [0, 0.1) is 5.92 Å². The van der Waals surface area contributed by atoms with E-state index in [0.717, 1.165) is 23.3 Å². The summed E-state index contributed by atoms with van der Waals surface area (Å²) in [5.41, 5.74) is 1.13. The zero-order valence-corrected chi connectivity index (χ0v) is 11.8. The van der Waals surface area contributed by atoms with Crippen LogP contribution < -0.4 is 5.32 Å². The number of halogens is 1. The largest absolute Gasteiger partial charge is 0.383 e. The van der Waals surface area contributed by atoms with Crippen molar-refractivity contribution in [3.05, 3.63) is 28.7 Å². The van der Waals surface area contributed by atoms with Crippen LogP contribution in [-0.4, -0.2) is 19.3 Å². The van der Waals surface area contributed by atoms with Gasteiger partial charge >= 0.3 is 0 Å². The normalized spacial score (nSPS) is 12.8. The van der Waals surface area contributed by atoms with Crippen molar-refractivity contribution < 1.29 is 4.74 Å². The van der Waals surface area contributed by atoms with Gasteiger partial charge in [-0.05, 0) is 37.1 Å². The highest BCUT2D eigenvalue weighted by Crippen LogP contribution is 2.13. The molecule has 16 heavy (non-hydrogen) atoms. The Morgan fingerprint density at radius 1 is 1.19 bits per heavy atom. The van der Waals surface area contributed by atoms with Crippen molar-refractivity contribution in [3.8, 4) is 0 Å². The maximum atomic E-state index is 5.68. The average Bonchev–Trinajstić information content (AvgIpc) is 2.26. The molecule has 1 atom stereocenters. The number of nitrogens with one attached hydrogen (secondary N) is 1. The van der Waals surface area contributed by atoms with Crippen molar-refractivity contribution in [2.24, 2.45) is 5.92 Å². The molecular formula is C13H20BrNO. The standard InChI is InChI=1S/C13H20BrNO/c1-10(2)11(3)16-9-8-15-13-6-4-12(14)5-7-13/h4-7,10-11,15H,8-9H2,1-3H3. The van der Waals surface area contributed by atoms with E-state index in [2.05, 4.69) is 54.2 Å². The van der Waals surface area contributed by atoms with Crippen LogP contribution in [0.15, 0.2) is 28.7 Å². The maximum Gasteiger partial charge on any atom is 0.0642 e. The average molecular weight is 286 g/mol. The predicted molar refractivity (Wildman–Crippen MR) is 72.9 cm³/mol. The summed E-state index contributed by atoms with van der Waals surface area (Å²) in [5.74, 6) is 0.577. The Morgan fingerprint density at radius 3 is 2.38 bits per heavy atom. The van der Waals surface area contributed by atoms with Crippen LogP contribution in [0.4, 0.5) is 5.69 Å². The van der Waals surface area contributed by atoms with Crippen LogP contribution in [0.25, 0.3) is 0 Å². The molecule has 0 amide bonds. The molecule has 0 bridgehead atoms. The SMILES string of the molecule is CC(C)C(C)OCCNc1ccc(Br)cc1. The predicted octanol–water partition coefficient (Wildman–Crippen LogP) is 3.92. The van der Waals surface area contributed by atoms with Crippen LogP contribution in [0.5, 0.6) is 0 Å². The van der Waals surface area contributed by atoms with E-state index in [-0.39, 0.29) is 0 Å². The first kappa shape index (κ1) is 13.5. The molecule has 0 heterocycles. The van der Waals surface area contributed by atoms with Crippen molar-refractivity contribution in [2.45, 2.75) is 26.9 Å². The Bertz CT molecular complexity index is 297. The summed E-state index contributed by atoms with van der Waals surface area (Å²) >= 11 is 3.41. The van der Waals surface area contributed by atoms with Gasteiger partial charge in [0.2, 0.25) is 0 Å². The minimum Gasteiger partial charge on any atom is -0.383 e. The first-order chi connectivity index (χ1) is 7.59. The molecule has 1 unspecified atom stereocenters. The van der Waals surface area contributed by atoms with E-state index in [0.29, 0.717) is 12.0 Å². The third-order valence-corrected chi connectivity index (χ3v) is 3.12. The molecule has 2 nitrogen and oxygen atoms in total. The molecule has 0 fully saturated rings. The molecule has 90 valence electrons. The van der Waals surface area contributed by atoms with Gasteiger partial charge in [0.25, 0.3) is 0 Å². The summed E-state index contributed by atoms with van der Waals surface area (Å²) in [7, 11) is 0. The van der Waals surface area contributed by atoms with Gasteiger partial charge in [-0.3, -0.25) is 0 Å². The lowest BCUT2D eigenvalue weighted by molar-refractivity contribution is 0.0421. The van der Waals surface area contributed by atoms with Gasteiger partial charge in [0.15, 0.2) is 0 Å². The van der Waals surface area contributed by atoms with Gasteiger partial charge in [-0.15, -0.1) is 0 Å². The number of hydrogen-bond acceptors (Lipinski definition) is 2. The Balaban J connectivity index is 2.18. The number of rotatable bonds is 6. The lowest BCUT2D eigenvalue weighted by atomic mass is 10.1. The number of anilines is 1. The third kappa shape index (κ3) is 4.99. The molecule has 1 aromatic rings. The number of ether oxygens (including phenoxy) is 1. The molecule has 1 rings (SSSR count). The van der Waals surface area contributed by atoms with Crippen LogP contribution in [0.2, 0.25) is 0 Å². The highest BCUT2D eigenvalue weighted by Gasteiger charge is 2.05. The van der Waals surface area contributed by atoms with E-state index in [1.54, 1.807) is 0 Å². The zero-order valence-electron chi connectivity index (χ0n) is 10.2. The van der Waals surface area contributed by atoms with Gasteiger partial charge in [0.1, 0.15) is 0 Å². The molecule has 0 spiro atoms. The molecule has 0 aromatic heterocycles. The van der Waals surface area contributed by atoms with E-state index in [9.17, 15) is 0 Å². The summed E-state index contributed by atoms with van der Waals surface area (Å²) in [6.07, 6.45) is 0.326. The quantitative estimate of drug-likeness (QED) is 0.800. The first-order valence-electron chi connectivity index (χ1n) is 5.70. The highest BCUT2D eigenvalue weighted by atomic mass is 79.9. The van der Waals surface area contributed by atoms with Crippen molar-refractivity contribution in [3.63, 3.8) is 0 Å². The summed E-state index contributed by atoms with van der Waals surface area (Å²) in [6, 6.07) is 8.16. The minimum atomic E-state index is 0.326. The minimum absolute atomic E-state index is 0.326. The van der Waals surface area contributed by atoms with Crippen molar-refractivity contribution in [1.29, 1.82) is 0 Å². The fourth-order valence-corrected chi connectivity index (χ4v) is 1.46. The number of hydrogen-bond donors (Lipinski definition) is 1. The van der Waals surface area contributed by atoms with Gasteiger partial charge in [0.05, 0.1) is 12.7 Å². The Morgan fingerprint density at radius 2 is 1.81 bits per heavy atom. The summed E-state index contributed by atoms with van der Waals surface area (Å²) in [4.78, 5) is 0. The monoisotopic (exact) mass is 285 g/mol. The zero-order chi connectivity index (χ0) is 12.0. The van der Waals surface area contributed by atoms with Gasteiger partial charge < -0.3 is 10.1 Å². The Labute approximate surface area is 107 Å². The van der Waals surface area contributed by atoms with Gasteiger partial charge in [0, 0.05) is 16.7 Å². The van der Waals surface area contributed by atoms with Crippen LogP contribution in [0.3, 0.4) is 0 Å². The fraction of sp³-hybridized carbons (Fsp3) is 0.538. The molecule has 1 aromatic carbocycles. The van der Waals surface area contributed by atoms with Crippen LogP contribution >= 0.6 is 15.9 Å². The van der Waals surface area contributed by atoms with Gasteiger partial charge in [-0.1, -0.05) is 29.8 Å². The topological polar surface area (TPSA) is 21.3 Å². The maximum absolute atomic E-state index is 5.68. The second kappa shape index (κ2) is 6.92. The first-order valence-corrected chi connectivity index (χ1v) is 6.50. The van der Waals surface area contributed by atoms with E-state index in [1.165, 1.54) is 0 Å². The second-order valence-corrected chi connectivity index (χ2v) is 5.17. The molecule has 1 N–H and O–H groups in total. The molecule has 0 radical (unpaired) electrons. The van der Waals surface area contributed by atoms with Crippen LogP contribution in [0.1, 0.15) is 20.8 Å². The molecule has 0 saturated heterocycles. The van der Waals surface area contributed by atoms with Crippen molar-refractivity contribution in [2.75, 3.05) is 18.5 Å². The molecule has 0 aliphatic rings. The van der Waals surface area contributed by atoms with Crippen LogP contribution in [-0.2, 0) is 4.74 Å².